The number of ether oxygens (including phenoxy) is 1. The highest BCUT2D eigenvalue weighted by atomic mass is 35.5. The van der Waals surface area contributed by atoms with Crippen molar-refractivity contribution < 1.29 is 14.3 Å². The lowest BCUT2D eigenvalue weighted by atomic mass is 10.1. The van der Waals surface area contributed by atoms with E-state index in [1.54, 1.807) is 17.0 Å². The van der Waals surface area contributed by atoms with Crippen LogP contribution in [-0.2, 0) is 11.2 Å². The van der Waals surface area contributed by atoms with E-state index in [1.807, 2.05) is 30.0 Å². The van der Waals surface area contributed by atoms with Crippen molar-refractivity contribution in [3.63, 3.8) is 0 Å². The Labute approximate surface area is 176 Å². The van der Waals surface area contributed by atoms with Gasteiger partial charge in [-0.05, 0) is 31.4 Å². The Bertz CT molecular complexity index is 836. The third-order valence-electron chi connectivity index (χ3n) is 4.93. The Hall–Kier alpha value is -2.60. The van der Waals surface area contributed by atoms with E-state index in [0.717, 1.165) is 12.8 Å². The van der Waals surface area contributed by atoms with Crippen LogP contribution in [0.15, 0.2) is 42.5 Å². The molecule has 29 heavy (non-hydrogen) atoms. The number of carbonyl (C=O) groups excluding carboxylic acids is 2. The van der Waals surface area contributed by atoms with Gasteiger partial charge in [0.15, 0.2) is 5.69 Å². The molecule has 0 saturated carbocycles. The molecule has 1 saturated heterocycles. The summed E-state index contributed by atoms with van der Waals surface area (Å²) in [7, 11) is 0. The van der Waals surface area contributed by atoms with E-state index >= 15 is 0 Å². The molecule has 1 aliphatic rings. The normalized spacial score (nSPS) is 14.0. The second-order valence-corrected chi connectivity index (χ2v) is 7.33. The molecule has 0 aliphatic carbocycles. The van der Waals surface area contributed by atoms with Crippen LogP contribution < -0.4 is 4.74 Å². The van der Waals surface area contributed by atoms with Crippen molar-refractivity contribution in [2.24, 2.45) is 0 Å². The summed E-state index contributed by atoms with van der Waals surface area (Å²) in [6.45, 7) is 4.32. The lowest BCUT2D eigenvalue weighted by Gasteiger charge is -2.34. The number of aromatic nitrogens is 1. The molecule has 0 atom stereocenters. The van der Waals surface area contributed by atoms with E-state index in [2.05, 4.69) is 17.1 Å². The molecule has 0 spiro atoms. The van der Waals surface area contributed by atoms with Gasteiger partial charge in [0, 0.05) is 38.7 Å². The minimum absolute atomic E-state index is 0.141. The molecule has 2 amide bonds. The summed E-state index contributed by atoms with van der Waals surface area (Å²) in [6, 6.07) is 13.4. The first-order valence-corrected chi connectivity index (χ1v) is 10.4. The van der Waals surface area contributed by atoms with Gasteiger partial charge in [0.05, 0.1) is 11.6 Å². The maximum Gasteiger partial charge on any atom is 0.274 e. The summed E-state index contributed by atoms with van der Waals surface area (Å²) in [5.41, 5.74) is 1.44. The predicted molar refractivity (Wildman–Crippen MR) is 112 cm³/mol. The fraction of sp³-hybridized carbons (Fsp3) is 0.409. The highest BCUT2D eigenvalue weighted by molar-refractivity contribution is 6.33. The number of rotatable bonds is 7. The van der Waals surface area contributed by atoms with Crippen LogP contribution in [0.25, 0.3) is 0 Å². The first-order valence-electron chi connectivity index (χ1n) is 9.98. The van der Waals surface area contributed by atoms with Gasteiger partial charge in [-0.1, -0.05) is 41.9 Å². The van der Waals surface area contributed by atoms with Crippen molar-refractivity contribution in [2.45, 2.75) is 26.2 Å². The lowest BCUT2D eigenvalue weighted by Crippen LogP contribution is -2.50. The van der Waals surface area contributed by atoms with Crippen molar-refractivity contribution in [3.8, 4) is 5.88 Å². The number of benzene rings is 1. The molecule has 2 heterocycles. The number of pyridine rings is 1. The Kier molecular flexibility index (Phi) is 7.47. The smallest absolute Gasteiger partial charge is 0.274 e. The first kappa shape index (κ1) is 21.1. The monoisotopic (exact) mass is 415 g/mol. The Morgan fingerprint density at radius 1 is 1.03 bits per heavy atom. The van der Waals surface area contributed by atoms with E-state index in [0.29, 0.717) is 50.1 Å². The Morgan fingerprint density at radius 3 is 2.41 bits per heavy atom. The highest BCUT2D eigenvalue weighted by Crippen LogP contribution is 2.20. The topological polar surface area (TPSA) is 62.7 Å². The molecule has 1 fully saturated rings. The van der Waals surface area contributed by atoms with Gasteiger partial charge in [0.2, 0.25) is 11.8 Å². The molecule has 0 unspecified atom stereocenters. The van der Waals surface area contributed by atoms with Crippen LogP contribution in [0.3, 0.4) is 0 Å². The molecule has 154 valence electrons. The van der Waals surface area contributed by atoms with Crippen molar-refractivity contribution in [1.29, 1.82) is 0 Å². The van der Waals surface area contributed by atoms with Crippen LogP contribution in [0.1, 0.15) is 35.8 Å². The lowest BCUT2D eigenvalue weighted by molar-refractivity contribution is -0.132. The van der Waals surface area contributed by atoms with Crippen LogP contribution in [-0.4, -0.2) is 59.4 Å². The number of nitrogens with zero attached hydrogens (tertiary/aromatic N) is 3. The molecule has 3 rings (SSSR count). The largest absolute Gasteiger partial charge is 0.478 e. The van der Waals surface area contributed by atoms with Crippen LogP contribution >= 0.6 is 11.6 Å². The molecule has 1 aromatic carbocycles. The Morgan fingerprint density at radius 2 is 1.72 bits per heavy atom. The summed E-state index contributed by atoms with van der Waals surface area (Å²) in [5, 5.41) is 0.304. The molecule has 2 aromatic rings. The number of halogens is 1. The van der Waals surface area contributed by atoms with Gasteiger partial charge < -0.3 is 14.5 Å². The number of hydrogen-bond acceptors (Lipinski definition) is 4. The average Bonchev–Trinajstić information content (AvgIpc) is 2.75. The molecular formula is C22H26ClN3O3. The number of hydrogen-bond donors (Lipinski definition) is 0. The van der Waals surface area contributed by atoms with Gasteiger partial charge in [-0.25, -0.2) is 4.98 Å². The summed E-state index contributed by atoms with van der Waals surface area (Å²) >= 11 is 6.17. The van der Waals surface area contributed by atoms with Gasteiger partial charge in [-0.2, -0.15) is 0 Å². The zero-order valence-electron chi connectivity index (χ0n) is 16.6. The second-order valence-electron chi connectivity index (χ2n) is 6.93. The molecule has 6 nitrogen and oxygen atoms in total. The summed E-state index contributed by atoms with van der Waals surface area (Å²) in [4.78, 5) is 33.0. The summed E-state index contributed by atoms with van der Waals surface area (Å²) in [6.07, 6.45) is 2.24. The standard InChI is InChI=1S/C22H26ClN3O3/c1-2-29-19-12-11-18(23)21(24-19)22(28)26-15-13-25(14-16-26)20(27)10-6-9-17-7-4-3-5-8-17/h3-5,7-8,11-12H,2,6,9-10,13-16H2,1H3. The minimum Gasteiger partial charge on any atom is -0.478 e. The molecule has 1 aliphatic heterocycles. The number of carbonyl (C=O) groups is 2. The maximum atomic E-state index is 12.8. The van der Waals surface area contributed by atoms with Gasteiger partial charge in [0.1, 0.15) is 0 Å². The maximum absolute atomic E-state index is 12.8. The molecule has 7 heteroatoms. The zero-order valence-corrected chi connectivity index (χ0v) is 17.4. The van der Waals surface area contributed by atoms with Crippen LogP contribution in [0.2, 0.25) is 5.02 Å². The van der Waals surface area contributed by atoms with Gasteiger partial charge in [-0.3, -0.25) is 9.59 Å². The SMILES string of the molecule is CCOc1ccc(Cl)c(C(=O)N2CCN(C(=O)CCCc3ccccc3)CC2)n1. The van der Waals surface area contributed by atoms with Crippen molar-refractivity contribution in [2.75, 3.05) is 32.8 Å². The molecule has 0 bridgehead atoms. The van der Waals surface area contributed by atoms with E-state index in [4.69, 9.17) is 16.3 Å². The summed E-state index contributed by atoms with van der Waals surface area (Å²) in [5.74, 6) is 0.294. The fourth-order valence-electron chi connectivity index (χ4n) is 3.36. The first-order chi connectivity index (χ1) is 14.1. The van der Waals surface area contributed by atoms with Crippen LogP contribution in [0.4, 0.5) is 0 Å². The van der Waals surface area contributed by atoms with E-state index < -0.39 is 0 Å². The number of aryl methyl sites for hydroxylation is 1. The van der Waals surface area contributed by atoms with Gasteiger partial charge >= 0.3 is 0 Å². The van der Waals surface area contributed by atoms with Crippen molar-refractivity contribution in [3.05, 3.63) is 58.7 Å². The predicted octanol–water partition coefficient (Wildman–Crippen LogP) is 3.44. The summed E-state index contributed by atoms with van der Waals surface area (Å²) < 4.78 is 5.36. The van der Waals surface area contributed by atoms with Gasteiger partial charge in [-0.15, -0.1) is 0 Å². The quantitative estimate of drug-likeness (QED) is 0.694. The third-order valence-corrected chi connectivity index (χ3v) is 5.24. The fourth-order valence-corrected chi connectivity index (χ4v) is 3.54. The number of piperazine rings is 1. The third kappa shape index (κ3) is 5.70. The molecule has 0 radical (unpaired) electrons. The highest BCUT2D eigenvalue weighted by Gasteiger charge is 2.26. The molecule has 1 aromatic heterocycles. The van der Waals surface area contributed by atoms with Crippen LogP contribution in [0.5, 0.6) is 5.88 Å². The molecule has 0 N–H and O–H groups in total. The van der Waals surface area contributed by atoms with Crippen molar-refractivity contribution >= 4 is 23.4 Å². The Balaban J connectivity index is 1.49. The minimum atomic E-state index is -0.229. The van der Waals surface area contributed by atoms with Crippen molar-refractivity contribution in [1.82, 2.24) is 14.8 Å². The average molecular weight is 416 g/mol. The number of amides is 2. The van der Waals surface area contributed by atoms with Gasteiger partial charge in [0.25, 0.3) is 5.91 Å². The van der Waals surface area contributed by atoms with E-state index in [-0.39, 0.29) is 17.5 Å². The van der Waals surface area contributed by atoms with E-state index in [9.17, 15) is 9.59 Å². The van der Waals surface area contributed by atoms with E-state index in [1.165, 1.54) is 5.56 Å². The second kappa shape index (κ2) is 10.3. The molecular weight excluding hydrogens is 390 g/mol. The zero-order chi connectivity index (χ0) is 20.6. The van der Waals surface area contributed by atoms with Crippen LogP contribution in [0, 0.1) is 0 Å².